The maximum absolute atomic E-state index is 10.3. The van der Waals surface area contributed by atoms with Crippen LogP contribution in [0.15, 0.2) is 84.9 Å². The predicted octanol–water partition coefficient (Wildman–Crippen LogP) is 2.08. The molecule has 0 radical (unpaired) electrons. The minimum Gasteiger partial charge on any atom is -0.443 e. The van der Waals surface area contributed by atoms with Gasteiger partial charge in [-0.2, -0.15) is 0 Å². The Kier molecular flexibility index (Phi) is 4.28. The smallest absolute Gasteiger partial charge is 0.443 e. The van der Waals surface area contributed by atoms with Gasteiger partial charge in [-0.25, -0.2) is 0 Å². The summed E-state index contributed by atoms with van der Waals surface area (Å²) in [5.41, 5.74) is 1.22. The molecule has 0 unspecified atom stereocenters. The molecule has 120 valence electrons. The van der Waals surface area contributed by atoms with E-state index in [9.17, 15) is 10.0 Å². The molecule has 0 aliphatic rings. The average molecular weight is 326 g/mol. The molecule has 0 atom stereocenters. The van der Waals surface area contributed by atoms with Crippen LogP contribution < -0.4 is 10.9 Å². The van der Waals surface area contributed by atoms with Crippen molar-refractivity contribution in [3.05, 3.63) is 84.9 Å². The molecule has 4 rings (SSSR count). The van der Waals surface area contributed by atoms with Gasteiger partial charge in [0.05, 0.1) is 0 Å². The van der Waals surface area contributed by atoms with Crippen LogP contribution in [0.5, 0.6) is 0 Å². The Balaban J connectivity index is 1.56. The minimum atomic E-state index is -1.20. The molecule has 0 aromatic heterocycles. The summed E-state index contributed by atoms with van der Waals surface area (Å²) >= 11 is 0. The lowest BCUT2D eigenvalue weighted by Crippen LogP contribution is -2.45. The third-order valence-electron chi connectivity index (χ3n) is 4.38. The first kappa shape index (κ1) is 15.9. The monoisotopic (exact) mass is 326 g/mol. The first-order chi connectivity index (χ1) is 12.2. The summed E-state index contributed by atoms with van der Waals surface area (Å²) in [5.74, 6) is 0. The molecule has 0 aliphatic carbocycles. The van der Waals surface area contributed by atoms with Gasteiger partial charge < -0.3 is 14.6 Å². The Bertz CT molecular complexity index is 952. The molecule has 0 spiro atoms. The number of rotatable bonds is 4. The van der Waals surface area contributed by atoms with Crippen molar-refractivity contribution in [2.75, 3.05) is 0 Å². The van der Waals surface area contributed by atoms with Crippen molar-refractivity contribution in [2.24, 2.45) is 0 Å². The lowest BCUT2D eigenvalue weighted by molar-refractivity contribution is 0.379. The van der Waals surface area contributed by atoms with E-state index in [4.69, 9.17) is 4.57 Å². The summed E-state index contributed by atoms with van der Waals surface area (Å²) < 4.78 is 5.43. The van der Waals surface area contributed by atoms with Crippen molar-refractivity contribution >= 4 is 46.7 Å². The van der Waals surface area contributed by atoms with E-state index >= 15 is 0 Å². The Hall–Kier alpha value is -2.59. The van der Waals surface area contributed by atoms with E-state index in [-0.39, 0.29) is 0 Å². The fourth-order valence-corrected chi connectivity index (χ4v) is 3.00. The third kappa shape index (κ3) is 3.30. The molecule has 0 saturated heterocycles. The highest BCUT2D eigenvalue weighted by molar-refractivity contribution is 6.73. The van der Waals surface area contributed by atoms with E-state index < -0.39 is 14.2 Å². The van der Waals surface area contributed by atoms with E-state index in [0.29, 0.717) is 10.9 Å². The zero-order chi connectivity index (χ0) is 17.2. The van der Waals surface area contributed by atoms with Crippen molar-refractivity contribution < 1.29 is 14.6 Å². The number of hydrogen-bond acceptors (Lipinski definition) is 3. The lowest BCUT2D eigenvalue weighted by atomic mass is 9.70. The predicted molar refractivity (Wildman–Crippen MR) is 104 cm³/mol. The normalized spacial score (nSPS) is 11.0. The minimum absolute atomic E-state index is 0.610. The highest BCUT2D eigenvalue weighted by Crippen LogP contribution is 2.13. The second-order valence-corrected chi connectivity index (χ2v) is 6.05. The SMILES string of the molecule is OB(OB(O)c1ccc2ccccc2c1)c1ccc2ccccc2c1. The van der Waals surface area contributed by atoms with Gasteiger partial charge in [0.15, 0.2) is 0 Å². The third-order valence-corrected chi connectivity index (χ3v) is 4.38. The van der Waals surface area contributed by atoms with Gasteiger partial charge in [-0.05, 0) is 32.5 Å². The van der Waals surface area contributed by atoms with Gasteiger partial charge in [-0.15, -0.1) is 0 Å². The molecule has 4 aromatic carbocycles. The highest BCUT2D eigenvalue weighted by Gasteiger charge is 2.26. The summed E-state index contributed by atoms with van der Waals surface area (Å²) in [7, 11) is -2.41. The van der Waals surface area contributed by atoms with Crippen molar-refractivity contribution in [3.63, 3.8) is 0 Å². The first-order valence-corrected chi connectivity index (χ1v) is 8.20. The van der Waals surface area contributed by atoms with Gasteiger partial charge in [0.2, 0.25) is 0 Å². The molecule has 5 heteroatoms. The van der Waals surface area contributed by atoms with Crippen LogP contribution >= 0.6 is 0 Å². The van der Waals surface area contributed by atoms with Gasteiger partial charge in [0, 0.05) is 0 Å². The van der Waals surface area contributed by atoms with E-state index in [1.165, 1.54) is 0 Å². The maximum atomic E-state index is 10.3. The standard InChI is InChI=1S/C20H16B2O3/c23-21(19-11-9-15-5-1-3-7-17(15)13-19)25-22(24)20-12-10-16-6-2-4-8-18(16)14-20/h1-14,23-24H. The molecule has 0 saturated carbocycles. The van der Waals surface area contributed by atoms with Crippen LogP contribution in [0.4, 0.5) is 0 Å². The number of fused-ring (bicyclic) bond motifs is 2. The molecular weight excluding hydrogens is 310 g/mol. The first-order valence-electron chi connectivity index (χ1n) is 8.20. The molecular formula is C20H16B2O3. The van der Waals surface area contributed by atoms with Crippen LogP contribution in [0.1, 0.15) is 0 Å². The van der Waals surface area contributed by atoms with Crippen LogP contribution in [0.2, 0.25) is 0 Å². The largest absolute Gasteiger partial charge is 0.477 e. The van der Waals surface area contributed by atoms with Crippen LogP contribution in [0, 0.1) is 0 Å². The van der Waals surface area contributed by atoms with Crippen molar-refractivity contribution in [1.29, 1.82) is 0 Å². The zero-order valence-corrected chi connectivity index (χ0v) is 13.5. The molecule has 0 aliphatic heterocycles. The fourth-order valence-electron chi connectivity index (χ4n) is 3.00. The van der Waals surface area contributed by atoms with Gasteiger partial charge in [0.1, 0.15) is 0 Å². The Morgan fingerprint density at radius 1 is 0.520 bits per heavy atom. The molecule has 3 nitrogen and oxygen atoms in total. The molecule has 4 aromatic rings. The van der Waals surface area contributed by atoms with Crippen molar-refractivity contribution in [2.45, 2.75) is 0 Å². The van der Waals surface area contributed by atoms with Crippen molar-refractivity contribution in [3.8, 4) is 0 Å². The second kappa shape index (κ2) is 6.73. The van der Waals surface area contributed by atoms with Gasteiger partial charge in [0.25, 0.3) is 0 Å². The molecule has 0 amide bonds. The average Bonchev–Trinajstić information content (AvgIpc) is 2.67. The van der Waals surface area contributed by atoms with Crippen LogP contribution in [0.25, 0.3) is 21.5 Å². The summed E-state index contributed by atoms with van der Waals surface area (Å²) in [6, 6.07) is 27.0. The fraction of sp³-hybridized carbons (Fsp3) is 0. The summed E-state index contributed by atoms with van der Waals surface area (Å²) in [5, 5.41) is 24.9. The molecule has 0 fully saturated rings. The second-order valence-electron chi connectivity index (χ2n) is 6.05. The van der Waals surface area contributed by atoms with E-state index in [1.807, 2.05) is 72.8 Å². The van der Waals surface area contributed by atoms with E-state index in [0.717, 1.165) is 21.5 Å². The number of hydrogen-bond donors (Lipinski definition) is 2. The summed E-state index contributed by atoms with van der Waals surface area (Å²) in [6.45, 7) is 0. The van der Waals surface area contributed by atoms with E-state index in [1.54, 1.807) is 12.1 Å². The number of benzene rings is 4. The van der Waals surface area contributed by atoms with Crippen molar-refractivity contribution in [1.82, 2.24) is 0 Å². The molecule has 2 N–H and O–H groups in total. The highest BCUT2D eigenvalue weighted by atomic mass is 16.5. The Morgan fingerprint density at radius 2 is 0.920 bits per heavy atom. The Labute approximate surface area is 146 Å². The van der Waals surface area contributed by atoms with Gasteiger partial charge in [-0.3, -0.25) is 0 Å². The van der Waals surface area contributed by atoms with Crippen LogP contribution in [0.3, 0.4) is 0 Å². The molecule has 25 heavy (non-hydrogen) atoms. The maximum Gasteiger partial charge on any atom is 0.477 e. The summed E-state index contributed by atoms with van der Waals surface area (Å²) in [6.07, 6.45) is 0. The zero-order valence-electron chi connectivity index (χ0n) is 13.5. The quantitative estimate of drug-likeness (QED) is 0.565. The van der Waals surface area contributed by atoms with Crippen LogP contribution in [-0.4, -0.2) is 24.3 Å². The lowest BCUT2D eigenvalue weighted by Gasteiger charge is -2.13. The molecule has 0 bridgehead atoms. The Morgan fingerprint density at radius 3 is 1.36 bits per heavy atom. The van der Waals surface area contributed by atoms with Gasteiger partial charge in [-0.1, -0.05) is 84.9 Å². The van der Waals surface area contributed by atoms with Crippen LogP contribution in [-0.2, 0) is 4.57 Å². The topological polar surface area (TPSA) is 49.7 Å². The molecule has 0 heterocycles. The van der Waals surface area contributed by atoms with Gasteiger partial charge >= 0.3 is 14.2 Å². The van der Waals surface area contributed by atoms with E-state index in [2.05, 4.69) is 0 Å². The summed E-state index contributed by atoms with van der Waals surface area (Å²) in [4.78, 5) is 0.